The molecule has 0 aliphatic heterocycles. The third kappa shape index (κ3) is 2.83. The van der Waals surface area contributed by atoms with Gasteiger partial charge in [0.2, 0.25) is 0 Å². The lowest BCUT2D eigenvalue weighted by atomic mass is 10.1. The predicted octanol–water partition coefficient (Wildman–Crippen LogP) is 3.15. The van der Waals surface area contributed by atoms with Gasteiger partial charge in [0.05, 0.1) is 25.5 Å². The third-order valence-corrected chi connectivity index (χ3v) is 2.82. The second-order valence-electron chi connectivity index (χ2n) is 4.05. The zero-order valence-electron chi connectivity index (χ0n) is 11.2. The minimum atomic E-state index is -0.978. The molecule has 0 saturated heterocycles. The van der Waals surface area contributed by atoms with Gasteiger partial charge in [0.1, 0.15) is 0 Å². The summed E-state index contributed by atoms with van der Waals surface area (Å²) in [6.45, 7) is 0. The van der Waals surface area contributed by atoms with Crippen LogP contribution in [0, 0.1) is 0 Å². The average molecular weight is 273 g/mol. The molecule has 0 bridgehead atoms. The van der Waals surface area contributed by atoms with Crippen LogP contribution >= 0.6 is 0 Å². The molecule has 2 aromatic rings. The molecule has 2 N–H and O–H groups in total. The lowest BCUT2D eigenvalue weighted by Crippen LogP contribution is -2.02. The summed E-state index contributed by atoms with van der Waals surface area (Å²) >= 11 is 0. The van der Waals surface area contributed by atoms with Crippen molar-refractivity contribution in [2.45, 2.75) is 0 Å². The van der Waals surface area contributed by atoms with Crippen LogP contribution in [0.2, 0.25) is 0 Å². The van der Waals surface area contributed by atoms with Crippen LogP contribution in [0.3, 0.4) is 0 Å². The van der Waals surface area contributed by atoms with Crippen molar-refractivity contribution in [3.63, 3.8) is 0 Å². The second-order valence-corrected chi connectivity index (χ2v) is 4.05. The molecule has 0 aromatic heterocycles. The summed E-state index contributed by atoms with van der Waals surface area (Å²) in [6, 6.07) is 12.0. The number of anilines is 2. The molecule has 0 aliphatic rings. The lowest BCUT2D eigenvalue weighted by Gasteiger charge is -2.12. The fourth-order valence-electron chi connectivity index (χ4n) is 1.85. The number of hydrogen-bond donors (Lipinski definition) is 2. The maximum Gasteiger partial charge on any atom is 0.337 e. The highest BCUT2D eigenvalue weighted by atomic mass is 16.5. The fraction of sp³-hybridized carbons (Fsp3) is 0.133. The third-order valence-electron chi connectivity index (χ3n) is 2.82. The largest absolute Gasteiger partial charge is 0.493 e. The maximum absolute atomic E-state index is 11.2. The Balaban J connectivity index is 2.33. The molecule has 0 heterocycles. The van der Waals surface area contributed by atoms with Crippen LogP contribution in [0.25, 0.3) is 0 Å². The number of aromatic carboxylic acids is 1. The zero-order chi connectivity index (χ0) is 14.5. The molecule has 5 heteroatoms. The Morgan fingerprint density at radius 1 is 1.05 bits per heavy atom. The van der Waals surface area contributed by atoms with Crippen LogP contribution in [-0.4, -0.2) is 25.3 Å². The molecule has 0 amide bonds. The average Bonchev–Trinajstić information content (AvgIpc) is 2.47. The number of carbonyl (C=O) groups is 1. The van der Waals surface area contributed by atoms with Gasteiger partial charge >= 0.3 is 5.97 Å². The van der Waals surface area contributed by atoms with Crippen LogP contribution < -0.4 is 14.8 Å². The first-order valence-corrected chi connectivity index (χ1v) is 5.97. The van der Waals surface area contributed by atoms with Gasteiger partial charge in [-0.3, -0.25) is 0 Å². The van der Waals surface area contributed by atoms with Crippen LogP contribution in [0.4, 0.5) is 11.4 Å². The number of hydrogen-bond acceptors (Lipinski definition) is 4. The second kappa shape index (κ2) is 5.97. The van der Waals surface area contributed by atoms with E-state index in [9.17, 15) is 4.79 Å². The highest BCUT2D eigenvalue weighted by molar-refractivity contribution is 5.95. The molecule has 104 valence electrons. The smallest absolute Gasteiger partial charge is 0.337 e. The number of para-hydroxylation sites is 1. The fourth-order valence-corrected chi connectivity index (χ4v) is 1.85. The molecular weight excluding hydrogens is 258 g/mol. The van der Waals surface area contributed by atoms with E-state index in [2.05, 4.69) is 5.32 Å². The Kier molecular flexibility index (Phi) is 4.10. The van der Waals surface area contributed by atoms with E-state index in [-0.39, 0.29) is 5.56 Å². The standard InChI is InChI=1S/C15H15NO4/c1-19-13-8-7-10(9-14(13)20-2)16-12-6-4-3-5-11(12)15(17)18/h3-9,16H,1-2H3,(H,17,18). The van der Waals surface area contributed by atoms with E-state index in [4.69, 9.17) is 14.6 Å². The van der Waals surface area contributed by atoms with Crippen LogP contribution in [-0.2, 0) is 0 Å². The van der Waals surface area contributed by atoms with E-state index >= 15 is 0 Å². The van der Waals surface area contributed by atoms with Crippen LogP contribution in [0.1, 0.15) is 10.4 Å². The van der Waals surface area contributed by atoms with Crippen molar-refractivity contribution >= 4 is 17.3 Å². The first kappa shape index (κ1) is 13.7. The normalized spacial score (nSPS) is 9.90. The van der Waals surface area contributed by atoms with Crippen molar-refractivity contribution in [2.75, 3.05) is 19.5 Å². The molecule has 5 nitrogen and oxygen atoms in total. The summed E-state index contributed by atoms with van der Waals surface area (Å²) < 4.78 is 10.4. The Morgan fingerprint density at radius 2 is 1.75 bits per heavy atom. The molecule has 0 saturated carbocycles. The molecule has 0 spiro atoms. The maximum atomic E-state index is 11.2. The van der Waals surface area contributed by atoms with Gasteiger partial charge in [-0.1, -0.05) is 12.1 Å². The van der Waals surface area contributed by atoms with Gasteiger partial charge in [0, 0.05) is 11.8 Å². The van der Waals surface area contributed by atoms with Crippen molar-refractivity contribution in [2.24, 2.45) is 0 Å². The van der Waals surface area contributed by atoms with E-state index in [0.29, 0.717) is 17.2 Å². The summed E-state index contributed by atoms with van der Waals surface area (Å²) in [6.07, 6.45) is 0. The molecule has 20 heavy (non-hydrogen) atoms. The topological polar surface area (TPSA) is 67.8 Å². The highest BCUT2D eigenvalue weighted by Gasteiger charge is 2.10. The highest BCUT2D eigenvalue weighted by Crippen LogP contribution is 2.31. The summed E-state index contributed by atoms with van der Waals surface area (Å²) in [5.41, 5.74) is 1.45. The lowest BCUT2D eigenvalue weighted by molar-refractivity contribution is 0.0698. The van der Waals surface area contributed by atoms with E-state index in [1.54, 1.807) is 56.7 Å². The zero-order valence-corrected chi connectivity index (χ0v) is 11.2. The molecule has 2 rings (SSSR count). The van der Waals surface area contributed by atoms with Gasteiger partial charge in [0.25, 0.3) is 0 Å². The monoisotopic (exact) mass is 273 g/mol. The Hall–Kier alpha value is -2.69. The Labute approximate surface area is 116 Å². The molecule has 0 atom stereocenters. The SMILES string of the molecule is COc1ccc(Nc2ccccc2C(=O)O)cc1OC. The Morgan fingerprint density at radius 3 is 2.40 bits per heavy atom. The summed E-state index contributed by atoms with van der Waals surface area (Å²) in [7, 11) is 3.11. The number of carboxylic acids is 1. The van der Waals surface area contributed by atoms with Crippen LogP contribution in [0.5, 0.6) is 11.5 Å². The summed E-state index contributed by atoms with van der Waals surface area (Å²) in [4.78, 5) is 11.2. The van der Waals surface area contributed by atoms with Crippen molar-refractivity contribution in [3.05, 3.63) is 48.0 Å². The van der Waals surface area contributed by atoms with Crippen LogP contribution in [0.15, 0.2) is 42.5 Å². The molecule has 0 radical (unpaired) electrons. The quantitative estimate of drug-likeness (QED) is 0.876. The predicted molar refractivity (Wildman–Crippen MR) is 76.2 cm³/mol. The number of methoxy groups -OCH3 is 2. The van der Waals surface area contributed by atoms with Gasteiger partial charge < -0.3 is 19.9 Å². The first-order chi connectivity index (χ1) is 9.65. The van der Waals surface area contributed by atoms with Crippen molar-refractivity contribution in [3.8, 4) is 11.5 Å². The molecule has 0 fully saturated rings. The number of rotatable bonds is 5. The van der Waals surface area contributed by atoms with E-state index in [1.807, 2.05) is 0 Å². The Bertz CT molecular complexity index is 625. The van der Waals surface area contributed by atoms with E-state index in [1.165, 1.54) is 0 Å². The molecule has 0 aliphatic carbocycles. The minimum Gasteiger partial charge on any atom is -0.493 e. The summed E-state index contributed by atoms with van der Waals surface area (Å²) in [5.74, 6) is 0.212. The van der Waals surface area contributed by atoms with Gasteiger partial charge in [-0.2, -0.15) is 0 Å². The minimum absolute atomic E-state index is 0.210. The van der Waals surface area contributed by atoms with Crippen molar-refractivity contribution in [1.82, 2.24) is 0 Å². The molecule has 2 aromatic carbocycles. The van der Waals surface area contributed by atoms with Gasteiger partial charge in [-0.15, -0.1) is 0 Å². The van der Waals surface area contributed by atoms with E-state index < -0.39 is 5.97 Å². The summed E-state index contributed by atoms with van der Waals surface area (Å²) in [5, 5.41) is 12.2. The number of nitrogens with one attached hydrogen (secondary N) is 1. The van der Waals surface area contributed by atoms with E-state index in [0.717, 1.165) is 5.69 Å². The molecule has 0 unspecified atom stereocenters. The first-order valence-electron chi connectivity index (χ1n) is 5.97. The van der Waals surface area contributed by atoms with Crippen molar-refractivity contribution < 1.29 is 19.4 Å². The van der Waals surface area contributed by atoms with Gasteiger partial charge in [-0.05, 0) is 24.3 Å². The number of carboxylic acid groups (broad SMARTS) is 1. The number of ether oxygens (including phenoxy) is 2. The van der Waals surface area contributed by atoms with Crippen molar-refractivity contribution in [1.29, 1.82) is 0 Å². The van der Waals surface area contributed by atoms with Gasteiger partial charge in [-0.25, -0.2) is 4.79 Å². The van der Waals surface area contributed by atoms with Gasteiger partial charge in [0.15, 0.2) is 11.5 Å². The molecular formula is C15H15NO4. The number of benzene rings is 2.